The molecule has 3 heterocycles. The Hall–Kier alpha value is -3.59. The summed E-state index contributed by atoms with van der Waals surface area (Å²) >= 11 is 1.33. The van der Waals surface area contributed by atoms with Gasteiger partial charge in [-0.1, -0.05) is 47.2 Å². The van der Waals surface area contributed by atoms with Crippen LogP contribution in [-0.2, 0) is 0 Å². The molecule has 0 unspecified atom stereocenters. The average molecular weight is 491 g/mol. The number of carbonyl (C=O) groups is 2. The second kappa shape index (κ2) is 8.57. The molecule has 1 aliphatic carbocycles. The first-order chi connectivity index (χ1) is 17.0. The lowest BCUT2D eigenvalue weighted by atomic mass is 10.1. The highest BCUT2D eigenvalue weighted by Crippen LogP contribution is 2.50. The summed E-state index contributed by atoms with van der Waals surface area (Å²) in [5.41, 5.74) is 8.91. The molecule has 2 aliphatic heterocycles. The largest absolute Gasteiger partial charge is 0.486 e. The van der Waals surface area contributed by atoms with Gasteiger partial charge in [0, 0.05) is 13.1 Å². The van der Waals surface area contributed by atoms with E-state index in [0.717, 1.165) is 22.4 Å². The van der Waals surface area contributed by atoms with E-state index in [0.29, 0.717) is 66.0 Å². The average Bonchev–Trinajstić information content (AvgIpc) is 3.38. The van der Waals surface area contributed by atoms with Crippen LogP contribution in [0.3, 0.4) is 0 Å². The molecule has 8 nitrogen and oxygen atoms in total. The number of hydrogen-bond acceptors (Lipinski definition) is 7. The van der Waals surface area contributed by atoms with Crippen LogP contribution in [-0.4, -0.2) is 54.0 Å². The lowest BCUT2D eigenvalue weighted by Crippen LogP contribution is -2.45. The molecule has 1 aromatic heterocycles. The zero-order valence-corrected chi connectivity index (χ0v) is 20.1. The van der Waals surface area contributed by atoms with Crippen LogP contribution in [0.4, 0.5) is 5.13 Å². The van der Waals surface area contributed by atoms with Crippen molar-refractivity contribution >= 4 is 28.3 Å². The normalized spacial score (nSPS) is 22.0. The van der Waals surface area contributed by atoms with Gasteiger partial charge in [0.05, 0.1) is 16.5 Å². The second-order valence-electron chi connectivity index (χ2n) is 9.32. The van der Waals surface area contributed by atoms with Gasteiger partial charge < -0.3 is 25.4 Å². The monoisotopic (exact) mass is 490 g/mol. The number of carbonyl (C=O) groups excluding carboxylic acids is 2. The lowest BCUT2D eigenvalue weighted by molar-refractivity contribution is 0.0690. The van der Waals surface area contributed by atoms with Gasteiger partial charge in [-0.05, 0) is 42.9 Å². The first-order valence-electron chi connectivity index (χ1n) is 11.8. The van der Waals surface area contributed by atoms with Crippen molar-refractivity contribution in [2.45, 2.75) is 19.4 Å². The minimum atomic E-state index is -0.234. The number of amides is 2. The highest BCUT2D eigenvalue weighted by molar-refractivity contribution is 7.19. The summed E-state index contributed by atoms with van der Waals surface area (Å²) in [6.45, 7) is 3.93. The standard InChI is InChI=1S/C26H26N4O4S/c1-14-4-2-5-15(10-14)23-21(29-26(27)35-23)25(32)30-13-16-11-18(16)19(30)12-28-24(31)17-6-3-7-20-22(17)34-9-8-33-20/h2-7,10,16,18-19H,8-9,11-13H2,1H3,(H2,27,29)(H,28,31)/t16-,18-,19-/m1/s1. The number of benzene rings is 2. The van der Waals surface area contributed by atoms with Crippen molar-refractivity contribution in [3.8, 4) is 21.9 Å². The van der Waals surface area contributed by atoms with E-state index >= 15 is 0 Å². The van der Waals surface area contributed by atoms with E-state index in [1.807, 2.05) is 36.1 Å². The SMILES string of the molecule is Cc1cccc(-c2sc(N)nc2C(=O)N2C[C@H]3C[C@H]3[C@H]2CNC(=O)c2cccc3c2OCCO3)c1. The predicted octanol–water partition coefficient (Wildman–Crippen LogP) is 3.36. The molecule has 0 radical (unpaired) electrons. The van der Waals surface area contributed by atoms with E-state index in [-0.39, 0.29) is 17.9 Å². The lowest BCUT2D eigenvalue weighted by Gasteiger charge is -2.28. The molecule has 3 aliphatic rings. The van der Waals surface area contributed by atoms with Crippen LogP contribution in [0.15, 0.2) is 42.5 Å². The number of likely N-dealkylation sites (tertiary alicyclic amines) is 1. The molecule has 2 fully saturated rings. The number of aryl methyl sites for hydroxylation is 1. The maximum Gasteiger partial charge on any atom is 0.274 e. The summed E-state index contributed by atoms with van der Waals surface area (Å²) in [6, 6.07) is 13.2. The van der Waals surface area contributed by atoms with Crippen molar-refractivity contribution in [1.82, 2.24) is 15.2 Å². The van der Waals surface area contributed by atoms with Crippen LogP contribution in [0, 0.1) is 18.8 Å². The highest BCUT2D eigenvalue weighted by atomic mass is 32.1. The van der Waals surface area contributed by atoms with Crippen molar-refractivity contribution in [2.75, 3.05) is 32.0 Å². The van der Waals surface area contributed by atoms with Gasteiger partial charge in [0.1, 0.15) is 18.9 Å². The number of anilines is 1. The third-order valence-corrected chi connectivity index (χ3v) is 7.91. The maximum absolute atomic E-state index is 13.7. The molecular formula is C26H26N4O4S. The topological polar surface area (TPSA) is 107 Å². The number of aromatic nitrogens is 1. The van der Waals surface area contributed by atoms with Crippen LogP contribution in [0.25, 0.3) is 10.4 Å². The van der Waals surface area contributed by atoms with Crippen LogP contribution >= 0.6 is 11.3 Å². The number of para-hydroxylation sites is 1. The van der Waals surface area contributed by atoms with E-state index in [9.17, 15) is 9.59 Å². The van der Waals surface area contributed by atoms with Gasteiger partial charge in [-0.3, -0.25) is 9.59 Å². The van der Waals surface area contributed by atoms with Gasteiger partial charge in [-0.25, -0.2) is 4.98 Å². The van der Waals surface area contributed by atoms with Crippen LogP contribution in [0.2, 0.25) is 0 Å². The summed E-state index contributed by atoms with van der Waals surface area (Å²) in [5, 5.41) is 3.40. The Bertz CT molecular complexity index is 1320. The molecule has 1 saturated heterocycles. The van der Waals surface area contributed by atoms with Crippen LogP contribution < -0.4 is 20.5 Å². The Morgan fingerprint density at radius 1 is 1.20 bits per heavy atom. The molecule has 35 heavy (non-hydrogen) atoms. The quantitative estimate of drug-likeness (QED) is 0.568. The number of ether oxygens (including phenoxy) is 2. The molecule has 3 atom stereocenters. The Morgan fingerprint density at radius 2 is 2.03 bits per heavy atom. The highest BCUT2D eigenvalue weighted by Gasteiger charge is 2.54. The summed E-state index contributed by atoms with van der Waals surface area (Å²) in [4.78, 5) is 33.8. The molecular weight excluding hydrogens is 464 g/mol. The van der Waals surface area contributed by atoms with E-state index in [4.69, 9.17) is 15.2 Å². The molecule has 2 aromatic carbocycles. The summed E-state index contributed by atoms with van der Waals surface area (Å²) in [7, 11) is 0. The Kier molecular flexibility index (Phi) is 5.36. The minimum Gasteiger partial charge on any atom is -0.486 e. The second-order valence-corrected chi connectivity index (χ2v) is 10.4. The smallest absolute Gasteiger partial charge is 0.274 e. The van der Waals surface area contributed by atoms with Crippen molar-refractivity contribution in [2.24, 2.45) is 11.8 Å². The molecule has 0 spiro atoms. The van der Waals surface area contributed by atoms with E-state index < -0.39 is 0 Å². The van der Waals surface area contributed by atoms with Gasteiger partial charge >= 0.3 is 0 Å². The fourth-order valence-electron chi connectivity index (χ4n) is 5.21. The third kappa shape index (κ3) is 3.99. The van der Waals surface area contributed by atoms with Gasteiger partial charge in [0.2, 0.25) is 0 Å². The van der Waals surface area contributed by atoms with Gasteiger partial charge in [-0.2, -0.15) is 0 Å². The Morgan fingerprint density at radius 3 is 2.89 bits per heavy atom. The number of thiazole rings is 1. The van der Waals surface area contributed by atoms with Crippen molar-refractivity contribution in [3.05, 3.63) is 59.3 Å². The number of rotatable bonds is 5. The first kappa shape index (κ1) is 21.9. The predicted molar refractivity (Wildman–Crippen MR) is 133 cm³/mol. The Labute approximate surface area is 207 Å². The number of nitrogens with one attached hydrogen (secondary N) is 1. The van der Waals surface area contributed by atoms with E-state index in [2.05, 4.69) is 10.3 Å². The molecule has 180 valence electrons. The molecule has 6 rings (SSSR count). The fraction of sp³-hybridized carbons (Fsp3) is 0.346. The van der Waals surface area contributed by atoms with Crippen LogP contribution in [0.1, 0.15) is 32.8 Å². The number of nitrogens with two attached hydrogens (primary N) is 1. The number of fused-ring (bicyclic) bond motifs is 2. The van der Waals surface area contributed by atoms with Crippen molar-refractivity contribution < 1.29 is 19.1 Å². The molecule has 9 heteroatoms. The molecule has 2 amide bonds. The summed E-state index contributed by atoms with van der Waals surface area (Å²) < 4.78 is 11.3. The summed E-state index contributed by atoms with van der Waals surface area (Å²) in [6.07, 6.45) is 1.08. The van der Waals surface area contributed by atoms with Crippen LogP contribution in [0.5, 0.6) is 11.5 Å². The molecule has 3 aromatic rings. The fourth-order valence-corrected chi connectivity index (χ4v) is 6.03. The molecule has 1 saturated carbocycles. The van der Waals surface area contributed by atoms with Gasteiger partial charge in [0.25, 0.3) is 11.8 Å². The molecule has 3 N–H and O–H groups in total. The zero-order valence-electron chi connectivity index (χ0n) is 19.3. The number of nitrogen functional groups attached to an aromatic ring is 1. The maximum atomic E-state index is 13.7. The van der Waals surface area contributed by atoms with E-state index in [1.165, 1.54) is 11.3 Å². The van der Waals surface area contributed by atoms with Crippen molar-refractivity contribution in [3.63, 3.8) is 0 Å². The summed E-state index contributed by atoms with van der Waals surface area (Å²) in [5.74, 6) is 1.55. The first-order valence-corrected chi connectivity index (χ1v) is 12.6. The number of piperidine rings is 1. The Balaban J connectivity index is 1.21. The zero-order chi connectivity index (χ0) is 24.1. The van der Waals surface area contributed by atoms with Crippen molar-refractivity contribution in [1.29, 1.82) is 0 Å². The third-order valence-electron chi connectivity index (χ3n) is 6.97. The van der Waals surface area contributed by atoms with E-state index in [1.54, 1.807) is 18.2 Å². The number of nitrogens with zero attached hydrogens (tertiary/aromatic N) is 2. The number of hydrogen-bond donors (Lipinski definition) is 2. The van der Waals surface area contributed by atoms with Gasteiger partial charge in [0.15, 0.2) is 16.6 Å². The molecule has 0 bridgehead atoms. The van der Waals surface area contributed by atoms with Gasteiger partial charge in [-0.15, -0.1) is 0 Å². The minimum absolute atomic E-state index is 0.0820.